The van der Waals surface area contributed by atoms with Crippen molar-refractivity contribution in [3.8, 4) is 6.07 Å². The number of nitrogens with zero attached hydrogens (tertiary/aromatic N) is 2. The summed E-state index contributed by atoms with van der Waals surface area (Å²) < 4.78 is 27.5. The second kappa shape index (κ2) is 5.84. The molecule has 2 heterocycles. The number of hydrogen-bond acceptors (Lipinski definition) is 4. The minimum Gasteiger partial charge on any atom is -0.207 e. The van der Waals surface area contributed by atoms with Gasteiger partial charge in [0.2, 0.25) is 10.0 Å². The topological polar surface area (TPSA) is 61.2 Å². The predicted molar refractivity (Wildman–Crippen MR) is 86.1 cm³/mol. The molecule has 1 aromatic carbocycles. The van der Waals surface area contributed by atoms with Crippen LogP contribution in [0.1, 0.15) is 35.4 Å². The SMILES string of the molecule is CC[C@@H]1c2ccsc2CCN1S(=O)(=O)c1ccc(C#N)cc1. The van der Waals surface area contributed by atoms with Gasteiger partial charge in [0.05, 0.1) is 22.6 Å². The van der Waals surface area contributed by atoms with Gasteiger partial charge in [-0.3, -0.25) is 0 Å². The Morgan fingerprint density at radius 1 is 1.32 bits per heavy atom. The van der Waals surface area contributed by atoms with Crippen LogP contribution in [0, 0.1) is 11.3 Å². The Kier molecular flexibility index (Phi) is 4.04. The van der Waals surface area contributed by atoms with Gasteiger partial charge >= 0.3 is 0 Å². The van der Waals surface area contributed by atoms with Crippen LogP contribution in [0.25, 0.3) is 0 Å². The van der Waals surface area contributed by atoms with Gasteiger partial charge in [-0.1, -0.05) is 6.92 Å². The first kappa shape index (κ1) is 15.2. The fourth-order valence-corrected chi connectivity index (χ4v) is 5.53. The standard InChI is InChI=1S/C16H16N2O2S2/c1-2-15-14-8-10-21-16(14)7-9-18(15)22(19,20)13-5-3-12(11-17)4-6-13/h3-6,8,10,15H,2,7,9H2,1H3/t15-/m1/s1. The van der Waals surface area contributed by atoms with Crippen molar-refractivity contribution in [1.29, 1.82) is 5.26 Å². The van der Waals surface area contributed by atoms with E-state index in [4.69, 9.17) is 5.26 Å². The van der Waals surface area contributed by atoms with Gasteiger partial charge in [-0.15, -0.1) is 11.3 Å². The Morgan fingerprint density at radius 2 is 2.05 bits per heavy atom. The lowest BCUT2D eigenvalue weighted by atomic mass is 10.0. The van der Waals surface area contributed by atoms with E-state index in [2.05, 4.69) is 0 Å². The monoisotopic (exact) mass is 332 g/mol. The largest absolute Gasteiger partial charge is 0.243 e. The molecule has 0 unspecified atom stereocenters. The lowest BCUT2D eigenvalue weighted by Crippen LogP contribution is -2.39. The molecule has 0 aliphatic carbocycles. The normalized spacial score (nSPS) is 18.6. The van der Waals surface area contributed by atoms with E-state index in [-0.39, 0.29) is 10.9 Å². The van der Waals surface area contributed by atoms with E-state index >= 15 is 0 Å². The van der Waals surface area contributed by atoms with Gasteiger partial charge in [-0.25, -0.2) is 8.42 Å². The Labute approximate surface area is 134 Å². The minimum absolute atomic E-state index is 0.101. The summed E-state index contributed by atoms with van der Waals surface area (Å²) in [5.74, 6) is 0. The smallest absolute Gasteiger partial charge is 0.207 e. The maximum atomic E-state index is 12.9. The van der Waals surface area contributed by atoms with E-state index in [0.717, 1.165) is 18.4 Å². The molecule has 2 aromatic rings. The highest BCUT2D eigenvalue weighted by Gasteiger charge is 2.35. The molecule has 0 spiro atoms. The number of fused-ring (bicyclic) bond motifs is 1. The molecule has 6 heteroatoms. The highest BCUT2D eigenvalue weighted by molar-refractivity contribution is 7.89. The summed E-state index contributed by atoms with van der Waals surface area (Å²) in [5.41, 5.74) is 1.60. The van der Waals surface area contributed by atoms with E-state index in [1.165, 1.54) is 17.0 Å². The van der Waals surface area contributed by atoms with Crippen LogP contribution in [0.5, 0.6) is 0 Å². The van der Waals surface area contributed by atoms with Crippen molar-refractivity contribution in [2.75, 3.05) is 6.54 Å². The number of sulfonamides is 1. The molecule has 114 valence electrons. The van der Waals surface area contributed by atoms with E-state index < -0.39 is 10.0 Å². The number of nitriles is 1. The Balaban J connectivity index is 2.00. The maximum absolute atomic E-state index is 12.9. The van der Waals surface area contributed by atoms with Crippen molar-refractivity contribution < 1.29 is 8.42 Å². The van der Waals surface area contributed by atoms with Crippen LogP contribution < -0.4 is 0 Å². The van der Waals surface area contributed by atoms with Crippen LogP contribution in [0.2, 0.25) is 0 Å². The van der Waals surface area contributed by atoms with Gasteiger partial charge in [0, 0.05) is 11.4 Å². The molecule has 0 saturated carbocycles. The van der Waals surface area contributed by atoms with Gasteiger partial charge in [0.25, 0.3) is 0 Å². The van der Waals surface area contributed by atoms with E-state index in [1.54, 1.807) is 27.8 Å². The highest BCUT2D eigenvalue weighted by Crippen LogP contribution is 2.38. The van der Waals surface area contributed by atoms with Crippen molar-refractivity contribution in [1.82, 2.24) is 4.31 Å². The number of rotatable bonds is 3. The highest BCUT2D eigenvalue weighted by atomic mass is 32.2. The maximum Gasteiger partial charge on any atom is 0.243 e. The average Bonchev–Trinajstić information content (AvgIpc) is 3.02. The molecule has 0 amide bonds. The molecule has 0 saturated heterocycles. The molecular weight excluding hydrogens is 316 g/mol. The van der Waals surface area contributed by atoms with Gasteiger partial charge < -0.3 is 0 Å². The molecule has 1 aliphatic rings. The zero-order chi connectivity index (χ0) is 15.7. The third-order valence-electron chi connectivity index (χ3n) is 4.02. The van der Waals surface area contributed by atoms with Gasteiger partial charge in [-0.2, -0.15) is 9.57 Å². The summed E-state index contributed by atoms with van der Waals surface area (Å²) in [7, 11) is -3.54. The van der Waals surface area contributed by atoms with Crippen LogP contribution in [-0.4, -0.2) is 19.3 Å². The fraction of sp³-hybridized carbons (Fsp3) is 0.312. The van der Waals surface area contributed by atoms with Crippen molar-refractivity contribution in [2.24, 2.45) is 0 Å². The summed E-state index contributed by atoms with van der Waals surface area (Å²) in [6.45, 7) is 2.52. The first-order chi connectivity index (χ1) is 10.6. The molecule has 22 heavy (non-hydrogen) atoms. The molecule has 1 aromatic heterocycles. The summed E-state index contributed by atoms with van der Waals surface area (Å²) in [6, 6.07) is 10.1. The molecule has 4 nitrogen and oxygen atoms in total. The molecular formula is C16H16N2O2S2. The van der Waals surface area contributed by atoms with Gasteiger partial charge in [-0.05, 0) is 54.1 Å². The lowest BCUT2D eigenvalue weighted by molar-refractivity contribution is 0.303. The third kappa shape index (κ3) is 2.45. The molecule has 0 N–H and O–H groups in total. The number of benzene rings is 1. The van der Waals surface area contributed by atoms with Crippen LogP contribution >= 0.6 is 11.3 Å². The first-order valence-electron chi connectivity index (χ1n) is 7.16. The lowest BCUT2D eigenvalue weighted by Gasteiger charge is -2.34. The number of hydrogen-bond donors (Lipinski definition) is 0. The first-order valence-corrected chi connectivity index (χ1v) is 9.48. The van der Waals surface area contributed by atoms with Crippen molar-refractivity contribution in [2.45, 2.75) is 30.7 Å². The quantitative estimate of drug-likeness (QED) is 0.866. The Morgan fingerprint density at radius 3 is 2.68 bits per heavy atom. The minimum atomic E-state index is -3.54. The summed E-state index contributed by atoms with van der Waals surface area (Å²) in [4.78, 5) is 1.54. The van der Waals surface area contributed by atoms with E-state index in [1.807, 2.05) is 24.4 Å². The third-order valence-corrected chi connectivity index (χ3v) is 6.94. The molecule has 1 aliphatic heterocycles. The zero-order valence-corrected chi connectivity index (χ0v) is 13.8. The second-order valence-corrected chi connectivity index (χ2v) is 8.12. The predicted octanol–water partition coefficient (Wildman–Crippen LogP) is 3.32. The summed E-state index contributed by atoms with van der Waals surface area (Å²) >= 11 is 1.70. The van der Waals surface area contributed by atoms with Gasteiger partial charge in [0.15, 0.2) is 0 Å². The Bertz CT molecular complexity index is 817. The second-order valence-electron chi connectivity index (χ2n) is 5.23. The summed E-state index contributed by atoms with van der Waals surface area (Å²) in [6.07, 6.45) is 1.51. The average molecular weight is 332 g/mol. The van der Waals surface area contributed by atoms with Crippen molar-refractivity contribution in [3.63, 3.8) is 0 Å². The van der Waals surface area contributed by atoms with Crippen molar-refractivity contribution >= 4 is 21.4 Å². The molecule has 3 rings (SSSR count). The number of thiophene rings is 1. The van der Waals surface area contributed by atoms with Crippen LogP contribution in [0.15, 0.2) is 40.6 Å². The van der Waals surface area contributed by atoms with Crippen LogP contribution in [-0.2, 0) is 16.4 Å². The molecule has 0 radical (unpaired) electrons. The van der Waals surface area contributed by atoms with Crippen LogP contribution in [0.4, 0.5) is 0 Å². The van der Waals surface area contributed by atoms with E-state index in [0.29, 0.717) is 12.1 Å². The Hall–Kier alpha value is -1.68. The molecule has 1 atom stereocenters. The van der Waals surface area contributed by atoms with Crippen molar-refractivity contribution in [3.05, 3.63) is 51.7 Å². The van der Waals surface area contributed by atoms with Crippen LogP contribution in [0.3, 0.4) is 0 Å². The molecule has 0 bridgehead atoms. The van der Waals surface area contributed by atoms with Gasteiger partial charge in [0.1, 0.15) is 0 Å². The zero-order valence-electron chi connectivity index (χ0n) is 12.2. The molecule has 0 fully saturated rings. The summed E-state index contributed by atoms with van der Waals surface area (Å²) in [5, 5.41) is 10.9. The van der Waals surface area contributed by atoms with E-state index in [9.17, 15) is 8.42 Å². The fourth-order valence-electron chi connectivity index (χ4n) is 2.92.